The highest BCUT2D eigenvalue weighted by atomic mass is 35.5. The molecule has 0 radical (unpaired) electrons. The quantitative estimate of drug-likeness (QED) is 0.526. The molecule has 3 atom stereocenters. The zero-order valence-electron chi connectivity index (χ0n) is 24.0. The molecule has 3 aliphatic rings. The number of pyridine rings is 1. The van der Waals surface area contributed by atoms with E-state index >= 15 is 0 Å². The zero-order chi connectivity index (χ0) is 28.2. The van der Waals surface area contributed by atoms with Crippen LogP contribution in [0.2, 0.25) is 0 Å². The van der Waals surface area contributed by atoms with Gasteiger partial charge in [0, 0.05) is 44.0 Å². The number of likely N-dealkylation sites (tertiary alicyclic amines) is 2. The van der Waals surface area contributed by atoms with Crippen LogP contribution in [0.4, 0.5) is 4.79 Å². The average molecular weight is 582 g/mol. The van der Waals surface area contributed by atoms with E-state index < -0.39 is 0 Å². The predicted octanol–water partition coefficient (Wildman–Crippen LogP) is 4.72. The van der Waals surface area contributed by atoms with Gasteiger partial charge in [-0.05, 0) is 87.6 Å². The van der Waals surface area contributed by atoms with E-state index in [1.165, 1.54) is 11.1 Å². The molecule has 0 aliphatic carbocycles. The lowest BCUT2D eigenvalue weighted by Crippen LogP contribution is -2.50. The topological polar surface area (TPSA) is 108 Å². The van der Waals surface area contributed by atoms with Crippen LogP contribution in [0.25, 0.3) is 11.1 Å². The van der Waals surface area contributed by atoms with Crippen molar-refractivity contribution in [3.63, 3.8) is 0 Å². The third kappa shape index (κ3) is 7.11. The first-order chi connectivity index (χ1) is 19.3. The average Bonchev–Trinajstić information content (AvgIpc) is 3.45. The first-order valence-electron chi connectivity index (χ1n) is 14.5. The molecule has 10 heteroatoms. The van der Waals surface area contributed by atoms with Gasteiger partial charge in [-0.1, -0.05) is 12.1 Å². The number of hydrogen-bond donors (Lipinski definition) is 1. The van der Waals surface area contributed by atoms with Crippen LogP contribution >= 0.6 is 12.4 Å². The van der Waals surface area contributed by atoms with Gasteiger partial charge in [0.1, 0.15) is 12.1 Å². The summed E-state index contributed by atoms with van der Waals surface area (Å²) in [4.78, 5) is 33.3. The molecule has 0 saturated carbocycles. The fraction of sp³-hybridized carbons (Fsp3) is 0.548. The second-order valence-corrected chi connectivity index (χ2v) is 11.4. The first kappa shape index (κ1) is 30.6. The minimum Gasteiger partial charge on any atom is -0.474 e. The number of nitrogens with zero attached hydrogens (tertiary/aromatic N) is 4. The molecule has 2 fully saturated rings. The fourth-order valence-corrected chi connectivity index (χ4v) is 5.97. The van der Waals surface area contributed by atoms with Crippen LogP contribution in [0.15, 0.2) is 36.5 Å². The number of piperidine rings is 1. The molecule has 5 rings (SSSR count). The Morgan fingerprint density at radius 1 is 1.05 bits per heavy atom. The van der Waals surface area contributed by atoms with Crippen molar-refractivity contribution in [2.75, 3.05) is 19.6 Å². The molecule has 0 bridgehead atoms. The van der Waals surface area contributed by atoms with Gasteiger partial charge in [0.05, 0.1) is 18.2 Å². The number of carbonyl (C=O) groups excluding carboxylic acids is 2. The minimum absolute atomic E-state index is 0. The second kappa shape index (κ2) is 13.5. The smallest absolute Gasteiger partial charge is 0.410 e. The van der Waals surface area contributed by atoms with E-state index in [0.29, 0.717) is 44.4 Å². The number of amides is 2. The Bertz CT molecular complexity index is 1260. The number of hydrogen-bond acceptors (Lipinski definition) is 7. The maximum Gasteiger partial charge on any atom is 0.410 e. The molecular formula is C31H40ClN5O4. The standard InChI is InChI=1S/C31H39N5O4.ClH/c1-20(2)39-31(38)35-13-10-22(11-14-35)21(3)40-29-9-8-25(18-34-29)23-6-7-24-16-28(33-19-26(24)15-23)30(37)36-12-4-5-27(36)17-32;/h6-9,15,18,20-22,27-28,33H,4-5,10-14,16,19H2,1-3H3;1H/t21-,27+,28+;/m1./s1. The Morgan fingerprint density at radius 3 is 2.49 bits per heavy atom. The highest BCUT2D eigenvalue weighted by Gasteiger charge is 2.34. The number of carbonyl (C=O) groups is 2. The lowest BCUT2D eigenvalue weighted by Gasteiger charge is -2.34. The highest BCUT2D eigenvalue weighted by molar-refractivity contribution is 5.85. The van der Waals surface area contributed by atoms with E-state index in [4.69, 9.17) is 9.47 Å². The maximum atomic E-state index is 13.0. The normalized spacial score (nSPS) is 21.4. The number of benzene rings is 1. The van der Waals surface area contributed by atoms with Crippen molar-refractivity contribution < 1.29 is 19.1 Å². The Kier molecular flexibility index (Phi) is 10.1. The summed E-state index contributed by atoms with van der Waals surface area (Å²) in [6.07, 6.45) is 5.53. The molecule has 1 aromatic carbocycles. The third-order valence-electron chi connectivity index (χ3n) is 8.33. The van der Waals surface area contributed by atoms with Gasteiger partial charge in [-0.2, -0.15) is 5.26 Å². The van der Waals surface area contributed by atoms with Gasteiger partial charge in [0.15, 0.2) is 0 Å². The molecule has 2 amide bonds. The van der Waals surface area contributed by atoms with Crippen molar-refractivity contribution in [3.8, 4) is 23.1 Å². The molecule has 1 N–H and O–H groups in total. The molecule has 220 valence electrons. The van der Waals surface area contributed by atoms with E-state index in [9.17, 15) is 14.9 Å². The van der Waals surface area contributed by atoms with Crippen LogP contribution in [0.5, 0.6) is 5.88 Å². The third-order valence-corrected chi connectivity index (χ3v) is 8.33. The van der Waals surface area contributed by atoms with Gasteiger partial charge >= 0.3 is 6.09 Å². The maximum absolute atomic E-state index is 13.0. The summed E-state index contributed by atoms with van der Waals surface area (Å²) in [5, 5.41) is 12.7. The molecule has 41 heavy (non-hydrogen) atoms. The van der Waals surface area contributed by atoms with E-state index in [1.54, 1.807) is 9.80 Å². The molecular weight excluding hydrogens is 542 g/mol. The van der Waals surface area contributed by atoms with Gasteiger partial charge in [-0.25, -0.2) is 9.78 Å². The summed E-state index contributed by atoms with van der Waals surface area (Å²) in [6, 6.07) is 12.0. The van der Waals surface area contributed by atoms with E-state index in [0.717, 1.165) is 36.8 Å². The lowest BCUT2D eigenvalue weighted by atomic mass is 9.92. The summed E-state index contributed by atoms with van der Waals surface area (Å²) in [5.74, 6) is 0.980. The number of nitrogens with one attached hydrogen (secondary N) is 1. The molecule has 2 aromatic rings. The van der Waals surface area contributed by atoms with Gasteiger partial charge in [-0.15, -0.1) is 12.4 Å². The Balaban J connectivity index is 0.00000387. The van der Waals surface area contributed by atoms with Gasteiger partial charge in [-0.3, -0.25) is 4.79 Å². The van der Waals surface area contributed by atoms with Crippen LogP contribution < -0.4 is 10.1 Å². The zero-order valence-corrected chi connectivity index (χ0v) is 24.9. The monoisotopic (exact) mass is 581 g/mol. The number of rotatable bonds is 6. The summed E-state index contributed by atoms with van der Waals surface area (Å²) in [6.45, 7) is 8.44. The summed E-state index contributed by atoms with van der Waals surface area (Å²) in [5.41, 5.74) is 4.42. The summed E-state index contributed by atoms with van der Waals surface area (Å²) in [7, 11) is 0. The first-order valence-corrected chi connectivity index (χ1v) is 14.5. The molecule has 4 heterocycles. The Morgan fingerprint density at radius 2 is 1.80 bits per heavy atom. The van der Waals surface area contributed by atoms with Crippen LogP contribution in [0.1, 0.15) is 57.6 Å². The van der Waals surface area contributed by atoms with Crippen molar-refractivity contribution >= 4 is 24.4 Å². The van der Waals surface area contributed by atoms with Gasteiger partial charge in [0.2, 0.25) is 11.8 Å². The Labute approximate surface area is 248 Å². The van der Waals surface area contributed by atoms with E-state index in [2.05, 4.69) is 41.5 Å². The van der Waals surface area contributed by atoms with Gasteiger partial charge in [0.25, 0.3) is 0 Å². The van der Waals surface area contributed by atoms with Crippen molar-refractivity contribution in [2.45, 2.75) is 83.7 Å². The van der Waals surface area contributed by atoms with Crippen LogP contribution in [0, 0.1) is 17.2 Å². The van der Waals surface area contributed by atoms with Crippen molar-refractivity contribution in [1.29, 1.82) is 5.26 Å². The van der Waals surface area contributed by atoms with E-state index in [1.807, 2.05) is 32.2 Å². The molecule has 2 saturated heterocycles. The largest absolute Gasteiger partial charge is 0.474 e. The number of aromatic nitrogens is 1. The van der Waals surface area contributed by atoms with Crippen molar-refractivity contribution in [3.05, 3.63) is 47.7 Å². The number of ether oxygens (including phenoxy) is 2. The summed E-state index contributed by atoms with van der Waals surface area (Å²) < 4.78 is 11.5. The minimum atomic E-state index is -0.297. The van der Waals surface area contributed by atoms with Gasteiger partial charge < -0.3 is 24.6 Å². The van der Waals surface area contributed by atoms with Crippen molar-refractivity contribution in [2.24, 2.45) is 5.92 Å². The molecule has 3 aliphatic heterocycles. The number of nitriles is 1. The molecule has 9 nitrogen and oxygen atoms in total. The Hall–Kier alpha value is -3.35. The predicted molar refractivity (Wildman–Crippen MR) is 158 cm³/mol. The molecule has 0 unspecified atom stereocenters. The van der Waals surface area contributed by atoms with E-state index in [-0.39, 0.29) is 48.7 Å². The molecule has 1 aromatic heterocycles. The number of halogens is 1. The second-order valence-electron chi connectivity index (χ2n) is 11.4. The highest BCUT2D eigenvalue weighted by Crippen LogP contribution is 2.29. The van der Waals surface area contributed by atoms with Crippen molar-refractivity contribution in [1.82, 2.24) is 20.1 Å². The van der Waals surface area contributed by atoms with Crippen LogP contribution in [-0.4, -0.2) is 70.7 Å². The van der Waals surface area contributed by atoms with Crippen LogP contribution in [-0.2, 0) is 22.5 Å². The number of fused-ring (bicyclic) bond motifs is 1. The van der Waals surface area contributed by atoms with Crippen LogP contribution in [0.3, 0.4) is 0 Å². The fourth-order valence-electron chi connectivity index (χ4n) is 5.97. The SMILES string of the molecule is CC(C)OC(=O)N1CCC([C@@H](C)Oc2ccc(-c3ccc4c(c3)CN[C@H](C(=O)N3CCC[C@H]3C#N)C4)cn2)CC1.Cl. The lowest BCUT2D eigenvalue weighted by molar-refractivity contribution is -0.133. The molecule has 0 spiro atoms. The summed E-state index contributed by atoms with van der Waals surface area (Å²) >= 11 is 0.